The van der Waals surface area contributed by atoms with Gasteiger partial charge in [0, 0.05) is 5.92 Å². The molecule has 0 aromatic carbocycles. The van der Waals surface area contributed by atoms with Crippen molar-refractivity contribution >= 4 is 21.7 Å². The quantitative estimate of drug-likeness (QED) is 0.679. The van der Waals surface area contributed by atoms with Gasteiger partial charge >= 0.3 is 0 Å². The molecule has 0 unspecified atom stereocenters. The minimum atomic E-state index is 0.350. The average molecular weight is 275 g/mol. The van der Waals surface area contributed by atoms with Crippen LogP contribution >= 0.6 is 15.9 Å². The van der Waals surface area contributed by atoms with Gasteiger partial charge in [-0.2, -0.15) is 0 Å². The first-order valence-electron chi connectivity index (χ1n) is 6.43. The second-order valence-corrected chi connectivity index (χ2v) is 5.26. The van der Waals surface area contributed by atoms with E-state index in [0.29, 0.717) is 17.0 Å². The van der Waals surface area contributed by atoms with Gasteiger partial charge in [0.15, 0.2) is 0 Å². The van der Waals surface area contributed by atoms with Gasteiger partial charge in [-0.1, -0.05) is 67.3 Å². The zero-order valence-corrected chi connectivity index (χ0v) is 11.2. The van der Waals surface area contributed by atoms with Crippen LogP contribution in [0.2, 0.25) is 0 Å². The first kappa shape index (κ1) is 13.2. The van der Waals surface area contributed by atoms with Crippen molar-refractivity contribution in [2.75, 3.05) is 5.33 Å². The number of alkyl halides is 1. The third-order valence-electron chi connectivity index (χ3n) is 3.44. The van der Waals surface area contributed by atoms with Gasteiger partial charge in [-0.15, -0.1) is 0 Å². The SMILES string of the molecule is O=C(CBr)C1CCCCCCCCCC1. The van der Waals surface area contributed by atoms with Crippen molar-refractivity contribution in [3.63, 3.8) is 0 Å². The van der Waals surface area contributed by atoms with E-state index in [-0.39, 0.29) is 0 Å². The van der Waals surface area contributed by atoms with Gasteiger partial charge < -0.3 is 0 Å². The normalized spacial score (nSPS) is 21.9. The summed E-state index contributed by atoms with van der Waals surface area (Å²) in [4.78, 5) is 11.7. The van der Waals surface area contributed by atoms with Gasteiger partial charge in [-0.25, -0.2) is 0 Å². The molecule has 0 saturated heterocycles. The highest BCUT2D eigenvalue weighted by Crippen LogP contribution is 2.22. The van der Waals surface area contributed by atoms with Crippen molar-refractivity contribution in [1.82, 2.24) is 0 Å². The van der Waals surface area contributed by atoms with Gasteiger partial charge in [-0.05, 0) is 12.8 Å². The Bertz CT molecular complexity index is 167. The van der Waals surface area contributed by atoms with Gasteiger partial charge in [0.1, 0.15) is 5.78 Å². The molecule has 2 heteroatoms. The topological polar surface area (TPSA) is 17.1 Å². The number of carbonyl (C=O) groups is 1. The van der Waals surface area contributed by atoms with Crippen LogP contribution in [0.3, 0.4) is 0 Å². The number of hydrogen-bond donors (Lipinski definition) is 0. The van der Waals surface area contributed by atoms with Crippen molar-refractivity contribution in [3.05, 3.63) is 0 Å². The van der Waals surface area contributed by atoms with Crippen LogP contribution in [0.15, 0.2) is 0 Å². The summed E-state index contributed by atoms with van der Waals surface area (Å²) in [7, 11) is 0. The lowest BCUT2D eigenvalue weighted by Gasteiger charge is -2.13. The van der Waals surface area contributed by atoms with Crippen LogP contribution in [0.1, 0.15) is 64.2 Å². The summed E-state index contributed by atoms with van der Waals surface area (Å²) in [6.45, 7) is 0. The number of rotatable bonds is 2. The maximum absolute atomic E-state index is 11.7. The van der Waals surface area contributed by atoms with Crippen LogP contribution in [0.5, 0.6) is 0 Å². The maximum atomic E-state index is 11.7. The van der Waals surface area contributed by atoms with E-state index in [1.54, 1.807) is 0 Å². The smallest absolute Gasteiger partial charge is 0.146 e. The number of Topliss-reactive ketones (excluding diaryl/α,β-unsaturated/α-hetero) is 1. The highest BCUT2D eigenvalue weighted by Gasteiger charge is 2.16. The van der Waals surface area contributed by atoms with E-state index in [1.807, 2.05) is 0 Å². The van der Waals surface area contributed by atoms with Crippen molar-refractivity contribution in [3.8, 4) is 0 Å². The van der Waals surface area contributed by atoms with Crippen molar-refractivity contribution in [2.24, 2.45) is 5.92 Å². The predicted molar refractivity (Wildman–Crippen MR) is 68.5 cm³/mol. The highest BCUT2D eigenvalue weighted by atomic mass is 79.9. The molecule has 0 N–H and O–H groups in total. The summed E-state index contributed by atoms with van der Waals surface area (Å²) >= 11 is 3.30. The van der Waals surface area contributed by atoms with Crippen LogP contribution in [0.4, 0.5) is 0 Å². The Morgan fingerprint density at radius 3 is 1.67 bits per heavy atom. The largest absolute Gasteiger partial charge is 0.298 e. The average Bonchev–Trinajstić information content (AvgIpc) is 2.32. The fourth-order valence-electron chi connectivity index (χ4n) is 2.42. The molecule has 1 fully saturated rings. The van der Waals surface area contributed by atoms with Crippen LogP contribution in [-0.4, -0.2) is 11.1 Å². The van der Waals surface area contributed by atoms with E-state index in [4.69, 9.17) is 0 Å². The minimum absolute atomic E-state index is 0.350. The van der Waals surface area contributed by atoms with Crippen LogP contribution in [0.25, 0.3) is 0 Å². The highest BCUT2D eigenvalue weighted by molar-refractivity contribution is 9.09. The van der Waals surface area contributed by atoms with Gasteiger partial charge in [0.05, 0.1) is 5.33 Å². The van der Waals surface area contributed by atoms with E-state index < -0.39 is 0 Å². The summed E-state index contributed by atoms with van der Waals surface area (Å²) in [6.07, 6.45) is 13.0. The minimum Gasteiger partial charge on any atom is -0.298 e. The Balaban J connectivity index is 2.35. The van der Waals surface area contributed by atoms with Gasteiger partial charge in [0.25, 0.3) is 0 Å². The van der Waals surface area contributed by atoms with Gasteiger partial charge in [0.2, 0.25) is 0 Å². The molecule has 0 aliphatic heterocycles. The summed E-state index contributed by atoms with van der Waals surface area (Å²) in [5.74, 6) is 0.775. The van der Waals surface area contributed by atoms with Crippen LogP contribution < -0.4 is 0 Å². The molecule has 0 aromatic heterocycles. The molecular weight excluding hydrogens is 252 g/mol. The Kier molecular flexibility index (Phi) is 7.33. The number of hydrogen-bond acceptors (Lipinski definition) is 1. The maximum Gasteiger partial charge on any atom is 0.146 e. The third kappa shape index (κ3) is 5.70. The molecule has 1 aliphatic rings. The van der Waals surface area contributed by atoms with Crippen LogP contribution in [0, 0.1) is 5.92 Å². The number of ketones is 1. The standard InChI is InChI=1S/C13H23BrO/c14-11-13(15)12-9-7-5-3-1-2-4-6-8-10-12/h12H,1-11H2. The third-order valence-corrected chi connectivity index (χ3v) is 3.99. The monoisotopic (exact) mass is 274 g/mol. The molecule has 0 radical (unpaired) electrons. The molecule has 0 amide bonds. The Hall–Kier alpha value is 0.150. The lowest BCUT2D eigenvalue weighted by Crippen LogP contribution is -2.15. The number of halogens is 1. The molecule has 1 nitrogen and oxygen atoms in total. The zero-order valence-electron chi connectivity index (χ0n) is 9.64. The molecule has 1 rings (SSSR count). The predicted octanol–water partition coefficient (Wildman–Crippen LogP) is 4.48. The summed E-state index contributed by atoms with van der Waals surface area (Å²) in [6, 6.07) is 0. The molecule has 0 spiro atoms. The Morgan fingerprint density at radius 1 is 0.867 bits per heavy atom. The summed E-state index contributed by atoms with van der Waals surface area (Å²) < 4.78 is 0. The summed E-state index contributed by atoms with van der Waals surface area (Å²) in [5.41, 5.74) is 0. The lowest BCUT2D eigenvalue weighted by atomic mass is 9.92. The van der Waals surface area contributed by atoms with E-state index in [0.717, 1.165) is 12.8 Å². The van der Waals surface area contributed by atoms with E-state index in [9.17, 15) is 4.79 Å². The second-order valence-electron chi connectivity index (χ2n) is 4.70. The fourth-order valence-corrected chi connectivity index (χ4v) is 2.88. The molecule has 0 atom stereocenters. The molecule has 0 heterocycles. The first-order valence-corrected chi connectivity index (χ1v) is 7.55. The van der Waals surface area contributed by atoms with Crippen LogP contribution in [-0.2, 0) is 4.79 Å². The van der Waals surface area contributed by atoms with Crippen molar-refractivity contribution in [1.29, 1.82) is 0 Å². The van der Waals surface area contributed by atoms with Crippen molar-refractivity contribution in [2.45, 2.75) is 64.2 Å². The molecule has 0 bridgehead atoms. The molecule has 88 valence electrons. The molecule has 15 heavy (non-hydrogen) atoms. The van der Waals surface area contributed by atoms with Gasteiger partial charge in [-0.3, -0.25) is 4.79 Å². The van der Waals surface area contributed by atoms with Crippen molar-refractivity contribution < 1.29 is 4.79 Å². The van der Waals surface area contributed by atoms with E-state index >= 15 is 0 Å². The first-order chi connectivity index (χ1) is 7.34. The number of carbonyl (C=O) groups excluding carboxylic acids is 1. The molecule has 1 aliphatic carbocycles. The van der Waals surface area contributed by atoms with E-state index in [2.05, 4.69) is 15.9 Å². The lowest BCUT2D eigenvalue weighted by molar-refractivity contribution is -0.120. The molecular formula is C13H23BrO. The molecule has 1 saturated carbocycles. The Labute approximate surface area is 102 Å². The fraction of sp³-hybridized carbons (Fsp3) is 0.923. The summed E-state index contributed by atoms with van der Waals surface area (Å²) in [5, 5.41) is 0.553. The second kappa shape index (κ2) is 8.32. The molecule has 0 aromatic rings. The zero-order chi connectivity index (χ0) is 10.9. The van der Waals surface area contributed by atoms with E-state index in [1.165, 1.54) is 51.4 Å². The Morgan fingerprint density at radius 2 is 1.27 bits per heavy atom.